The number of rotatable bonds is 6. The Morgan fingerprint density at radius 2 is 1.69 bits per heavy atom. The summed E-state index contributed by atoms with van der Waals surface area (Å²) in [7, 11) is 1.35. The van der Waals surface area contributed by atoms with E-state index in [9.17, 15) is 9.59 Å². The van der Waals surface area contributed by atoms with Crippen LogP contribution in [0.2, 0.25) is 0 Å². The molecule has 0 saturated carbocycles. The Labute approximate surface area is 97.0 Å². The lowest BCUT2D eigenvalue weighted by atomic mass is 9.76. The molecule has 0 aromatic heterocycles. The Balaban J connectivity index is 4.54. The lowest BCUT2D eigenvalue weighted by molar-refractivity contribution is -0.154. The zero-order valence-corrected chi connectivity index (χ0v) is 10.8. The fourth-order valence-electron chi connectivity index (χ4n) is 1.40. The maximum Gasteiger partial charge on any atom is 0.311 e. The second kappa shape index (κ2) is 5.32. The number of carbonyl (C=O) groups excluding carboxylic acids is 1. The summed E-state index contributed by atoms with van der Waals surface area (Å²) in [5.41, 5.74) is -1.38. The molecule has 16 heavy (non-hydrogen) atoms. The smallest absolute Gasteiger partial charge is 0.311 e. The summed E-state index contributed by atoms with van der Waals surface area (Å²) in [6.45, 7) is 7.11. The highest BCUT2D eigenvalue weighted by Gasteiger charge is 2.36. The van der Waals surface area contributed by atoms with Crippen LogP contribution in [0, 0.1) is 10.8 Å². The van der Waals surface area contributed by atoms with Crippen molar-refractivity contribution in [2.75, 3.05) is 7.11 Å². The molecule has 0 spiro atoms. The van der Waals surface area contributed by atoms with Crippen molar-refractivity contribution in [1.29, 1.82) is 0 Å². The number of ether oxygens (including phenoxy) is 1. The maximum absolute atomic E-state index is 11.4. The first-order valence-corrected chi connectivity index (χ1v) is 5.51. The molecule has 0 bridgehead atoms. The number of carboxylic acids is 1. The van der Waals surface area contributed by atoms with Crippen LogP contribution in [-0.2, 0) is 14.3 Å². The van der Waals surface area contributed by atoms with Gasteiger partial charge in [0.05, 0.1) is 17.9 Å². The van der Waals surface area contributed by atoms with Crippen LogP contribution in [-0.4, -0.2) is 24.2 Å². The Morgan fingerprint density at radius 3 is 2.00 bits per heavy atom. The predicted molar refractivity (Wildman–Crippen MR) is 61.1 cm³/mol. The molecule has 0 aromatic rings. The lowest BCUT2D eigenvalue weighted by Gasteiger charge is -2.28. The molecule has 0 rings (SSSR count). The maximum atomic E-state index is 11.4. The van der Waals surface area contributed by atoms with Crippen molar-refractivity contribution in [1.82, 2.24) is 0 Å². The summed E-state index contributed by atoms with van der Waals surface area (Å²) in [4.78, 5) is 22.5. The Hall–Kier alpha value is -1.06. The second-order valence-corrected chi connectivity index (χ2v) is 5.09. The van der Waals surface area contributed by atoms with Gasteiger partial charge in [-0.2, -0.15) is 0 Å². The van der Waals surface area contributed by atoms with E-state index in [0.717, 1.165) is 0 Å². The standard InChI is InChI=1S/C12H22O4/c1-6-12(4,9(13)14)8-7-11(2,3)10(15)16-5/h6-8H2,1-5H3,(H,13,14). The van der Waals surface area contributed by atoms with Crippen molar-refractivity contribution in [3.05, 3.63) is 0 Å². The summed E-state index contributed by atoms with van der Waals surface area (Å²) in [5.74, 6) is -1.10. The number of hydrogen-bond acceptors (Lipinski definition) is 3. The van der Waals surface area contributed by atoms with Gasteiger partial charge in [-0.25, -0.2) is 0 Å². The normalized spacial score (nSPS) is 15.3. The summed E-state index contributed by atoms with van der Waals surface area (Å²) >= 11 is 0. The van der Waals surface area contributed by atoms with E-state index in [0.29, 0.717) is 19.3 Å². The highest BCUT2D eigenvalue weighted by Crippen LogP contribution is 2.34. The number of hydrogen-bond donors (Lipinski definition) is 1. The monoisotopic (exact) mass is 230 g/mol. The van der Waals surface area contributed by atoms with E-state index in [1.165, 1.54) is 7.11 Å². The van der Waals surface area contributed by atoms with E-state index in [-0.39, 0.29) is 5.97 Å². The van der Waals surface area contributed by atoms with Gasteiger partial charge in [0.1, 0.15) is 0 Å². The SMILES string of the molecule is CCC(C)(CCC(C)(C)C(=O)OC)C(=O)O. The molecular weight excluding hydrogens is 208 g/mol. The molecule has 1 N–H and O–H groups in total. The van der Waals surface area contributed by atoms with E-state index in [4.69, 9.17) is 5.11 Å². The van der Waals surface area contributed by atoms with Crippen LogP contribution in [0.4, 0.5) is 0 Å². The Kier molecular flexibility index (Phi) is 4.97. The highest BCUT2D eigenvalue weighted by atomic mass is 16.5. The fourth-order valence-corrected chi connectivity index (χ4v) is 1.40. The predicted octanol–water partition coefficient (Wildman–Crippen LogP) is 2.47. The molecule has 0 fully saturated rings. The number of aliphatic carboxylic acids is 1. The van der Waals surface area contributed by atoms with Crippen LogP contribution < -0.4 is 0 Å². The number of carboxylic acid groups (broad SMARTS) is 1. The number of carbonyl (C=O) groups is 2. The van der Waals surface area contributed by atoms with Gasteiger partial charge < -0.3 is 9.84 Å². The average Bonchev–Trinajstić information content (AvgIpc) is 2.24. The minimum absolute atomic E-state index is 0.295. The third-order valence-corrected chi connectivity index (χ3v) is 3.34. The number of esters is 1. The number of methoxy groups -OCH3 is 1. The zero-order valence-electron chi connectivity index (χ0n) is 10.8. The van der Waals surface area contributed by atoms with E-state index < -0.39 is 16.8 Å². The molecule has 0 aromatic carbocycles. The van der Waals surface area contributed by atoms with E-state index in [2.05, 4.69) is 4.74 Å². The first kappa shape index (κ1) is 14.9. The van der Waals surface area contributed by atoms with Gasteiger partial charge in [-0.15, -0.1) is 0 Å². The van der Waals surface area contributed by atoms with Crippen LogP contribution >= 0.6 is 0 Å². The zero-order chi connectivity index (χ0) is 13.0. The van der Waals surface area contributed by atoms with Gasteiger partial charge >= 0.3 is 11.9 Å². The van der Waals surface area contributed by atoms with Gasteiger partial charge in [-0.05, 0) is 40.0 Å². The van der Waals surface area contributed by atoms with E-state index in [1.54, 1.807) is 20.8 Å². The van der Waals surface area contributed by atoms with Crippen molar-refractivity contribution in [2.24, 2.45) is 10.8 Å². The minimum Gasteiger partial charge on any atom is -0.481 e. The first-order chi connectivity index (χ1) is 7.19. The van der Waals surface area contributed by atoms with E-state index in [1.807, 2.05) is 6.92 Å². The van der Waals surface area contributed by atoms with Crippen LogP contribution in [0.3, 0.4) is 0 Å². The van der Waals surface area contributed by atoms with Gasteiger partial charge in [0.2, 0.25) is 0 Å². The molecule has 0 saturated heterocycles. The molecule has 1 atom stereocenters. The van der Waals surface area contributed by atoms with Gasteiger partial charge in [0, 0.05) is 0 Å². The molecule has 4 nitrogen and oxygen atoms in total. The van der Waals surface area contributed by atoms with Gasteiger partial charge in [0.15, 0.2) is 0 Å². The molecule has 0 amide bonds. The summed E-state index contributed by atoms with van der Waals surface area (Å²) < 4.78 is 4.69. The van der Waals surface area contributed by atoms with Crippen molar-refractivity contribution >= 4 is 11.9 Å². The van der Waals surface area contributed by atoms with Gasteiger partial charge in [0.25, 0.3) is 0 Å². The molecule has 94 valence electrons. The second-order valence-electron chi connectivity index (χ2n) is 5.09. The largest absolute Gasteiger partial charge is 0.481 e. The van der Waals surface area contributed by atoms with E-state index >= 15 is 0 Å². The van der Waals surface area contributed by atoms with Crippen molar-refractivity contribution in [3.8, 4) is 0 Å². The molecule has 4 heteroatoms. The lowest BCUT2D eigenvalue weighted by Crippen LogP contribution is -2.32. The summed E-state index contributed by atoms with van der Waals surface area (Å²) in [5, 5.41) is 9.11. The molecule has 0 aliphatic rings. The molecule has 0 heterocycles. The fraction of sp³-hybridized carbons (Fsp3) is 0.833. The Morgan fingerprint density at radius 1 is 1.19 bits per heavy atom. The third kappa shape index (κ3) is 3.51. The summed E-state index contributed by atoms with van der Waals surface area (Å²) in [6.07, 6.45) is 1.54. The third-order valence-electron chi connectivity index (χ3n) is 3.34. The van der Waals surface area contributed by atoms with Crippen LogP contribution in [0.5, 0.6) is 0 Å². The van der Waals surface area contributed by atoms with Gasteiger partial charge in [-0.3, -0.25) is 9.59 Å². The average molecular weight is 230 g/mol. The van der Waals surface area contributed by atoms with Crippen LogP contribution in [0.25, 0.3) is 0 Å². The molecule has 0 radical (unpaired) electrons. The van der Waals surface area contributed by atoms with Crippen molar-refractivity contribution < 1.29 is 19.4 Å². The minimum atomic E-state index is -0.810. The molecule has 0 aliphatic heterocycles. The highest BCUT2D eigenvalue weighted by molar-refractivity contribution is 5.76. The quantitative estimate of drug-likeness (QED) is 0.712. The van der Waals surface area contributed by atoms with Gasteiger partial charge in [-0.1, -0.05) is 6.92 Å². The molecule has 0 aliphatic carbocycles. The van der Waals surface area contributed by atoms with Crippen LogP contribution in [0.15, 0.2) is 0 Å². The topological polar surface area (TPSA) is 63.6 Å². The Bertz CT molecular complexity index is 270. The molecular formula is C12H22O4. The first-order valence-electron chi connectivity index (χ1n) is 5.51. The molecule has 1 unspecified atom stereocenters. The van der Waals surface area contributed by atoms with Crippen molar-refractivity contribution in [3.63, 3.8) is 0 Å². The van der Waals surface area contributed by atoms with Crippen LogP contribution in [0.1, 0.15) is 47.0 Å². The summed E-state index contributed by atoms with van der Waals surface area (Å²) in [6, 6.07) is 0. The van der Waals surface area contributed by atoms with Crippen molar-refractivity contribution in [2.45, 2.75) is 47.0 Å².